The molecule has 2 amide bonds. The fourth-order valence-corrected chi connectivity index (χ4v) is 2.17. The molecule has 0 aliphatic carbocycles. The van der Waals surface area contributed by atoms with E-state index < -0.39 is 6.04 Å². The van der Waals surface area contributed by atoms with Crippen molar-refractivity contribution in [2.24, 2.45) is 5.84 Å². The van der Waals surface area contributed by atoms with Crippen LogP contribution in [0.5, 0.6) is 0 Å². The van der Waals surface area contributed by atoms with Crippen molar-refractivity contribution in [2.45, 2.75) is 19.4 Å². The third-order valence-corrected chi connectivity index (χ3v) is 3.13. The van der Waals surface area contributed by atoms with Crippen LogP contribution in [0.3, 0.4) is 0 Å². The van der Waals surface area contributed by atoms with Crippen molar-refractivity contribution in [3.8, 4) is 0 Å². The van der Waals surface area contributed by atoms with Crippen LogP contribution in [0.15, 0.2) is 18.3 Å². The molecular formula is C12H17N5O2. The molecule has 0 spiro atoms. The molecule has 1 fully saturated rings. The lowest BCUT2D eigenvalue weighted by atomic mass is 10.1. The van der Waals surface area contributed by atoms with E-state index in [1.54, 1.807) is 17.0 Å². The van der Waals surface area contributed by atoms with Gasteiger partial charge in [-0.2, -0.15) is 0 Å². The number of nitrogens with two attached hydrogens (primary N) is 1. The van der Waals surface area contributed by atoms with E-state index in [4.69, 9.17) is 5.84 Å². The van der Waals surface area contributed by atoms with Crippen molar-refractivity contribution in [2.75, 3.05) is 18.5 Å². The lowest BCUT2D eigenvalue weighted by Gasteiger charge is -2.34. The Morgan fingerprint density at radius 2 is 2.47 bits per heavy atom. The van der Waals surface area contributed by atoms with E-state index in [-0.39, 0.29) is 11.8 Å². The van der Waals surface area contributed by atoms with Crippen LogP contribution in [0.2, 0.25) is 0 Å². The van der Waals surface area contributed by atoms with Crippen molar-refractivity contribution >= 4 is 17.6 Å². The Labute approximate surface area is 111 Å². The molecular weight excluding hydrogens is 246 g/mol. The molecule has 0 bridgehead atoms. The molecule has 7 nitrogen and oxygen atoms in total. The highest BCUT2D eigenvalue weighted by atomic mass is 16.2. The Balaban J connectivity index is 2.24. The Hall–Kier alpha value is -2.15. The molecule has 0 aromatic carbocycles. The molecule has 1 aromatic heterocycles. The Morgan fingerprint density at radius 3 is 3.16 bits per heavy atom. The number of hydrogen-bond donors (Lipinski definition) is 3. The molecule has 0 saturated carbocycles. The minimum absolute atomic E-state index is 0.103. The minimum Gasteiger partial charge on any atom is -0.353 e. The predicted molar refractivity (Wildman–Crippen MR) is 70.2 cm³/mol. The normalized spacial score (nSPS) is 18.9. The first-order chi connectivity index (χ1) is 9.17. The largest absolute Gasteiger partial charge is 0.353 e. The van der Waals surface area contributed by atoms with Gasteiger partial charge in [0.1, 0.15) is 11.9 Å². The van der Waals surface area contributed by atoms with E-state index in [0.717, 1.165) is 0 Å². The second-order valence-corrected chi connectivity index (χ2v) is 4.29. The second-order valence-electron chi connectivity index (χ2n) is 4.29. The van der Waals surface area contributed by atoms with Gasteiger partial charge >= 0.3 is 0 Å². The van der Waals surface area contributed by atoms with Gasteiger partial charge < -0.3 is 15.6 Å². The van der Waals surface area contributed by atoms with Gasteiger partial charge in [-0.1, -0.05) is 6.92 Å². The lowest BCUT2D eigenvalue weighted by Crippen LogP contribution is -2.56. The number of hydrogen-bond acceptors (Lipinski definition) is 5. The van der Waals surface area contributed by atoms with E-state index in [2.05, 4.69) is 15.7 Å². The van der Waals surface area contributed by atoms with E-state index in [1.165, 1.54) is 6.20 Å². The summed E-state index contributed by atoms with van der Waals surface area (Å²) in [6.45, 7) is 2.88. The molecule has 0 radical (unpaired) electrons. The van der Waals surface area contributed by atoms with Crippen molar-refractivity contribution in [3.05, 3.63) is 23.9 Å². The van der Waals surface area contributed by atoms with Gasteiger partial charge in [-0.15, -0.1) is 0 Å². The summed E-state index contributed by atoms with van der Waals surface area (Å²) >= 11 is 0. The number of carbonyl (C=O) groups excluding carboxylic acids is 2. The van der Waals surface area contributed by atoms with Crippen molar-refractivity contribution in [1.29, 1.82) is 0 Å². The van der Waals surface area contributed by atoms with E-state index in [9.17, 15) is 9.59 Å². The van der Waals surface area contributed by atoms with Gasteiger partial charge in [-0.05, 0) is 18.6 Å². The van der Waals surface area contributed by atoms with Crippen LogP contribution in [0.25, 0.3) is 0 Å². The van der Waals surface area contributed by atoms with Crippen LogP contribution in [-0.2, 0) is 4.79 Å². The monoisotopic (exact) mass is 263 g/mol. The van der Waals surface area contributed by atoms with Gasteiger partial charge in [0.15, 0.2) is 0 Å². The Bertz CT molecular complexity index is 491. The number of piperazine rings is 1. The molecule has 4 N–H and O–H groups in total. The quantitative estimate of drug-likeness (QED) is 0.514. The number of anilines is 1. The molecule has 2 rings (SSSR count). The second kappa shape index (κ2) is 5.66. The number of nitrogen functional groups attached to an aromatic ring is 1. The molecule has 1 aromatic rings. The first-order valence-corrected chi connectivity index (χ1v) is 6.18. The van der Waals surface area contributed by atoms with E-state index in [1.807, 2.05) is 6.92 Å². The summed E-state index contributed by atoms with van der Waals surface area (Å²) in [5, 5.41) is 2.76. The summed E-state index contributed by atoms with van der Waals surface area (Å²) in [4.78, 5) is 29.7. The van der Waals surface area contributed by atoms with Crippen LogP contribution in [0.1, 0.15) is 23.7 Å². The third-order valence-electron chi connectivity index (χ3n) is 3.13. The van der Waals surface area contributed by atoms with Crippen LogP contribution in [0, 0.1) is 0 Å². The lowest BCUT2D eigenvalue weighted by molar-refractivity contribution is -0.127. The molecule has 1 aliphatic rings. The summed E-state index contributed by atoms with van der Waals surface area (Å²) in [6.07, 6.45) is 2.10. The van der Waals surface area contributed by atoms with E-state index >= 15 is 0 Å². The first kappa shape index (κ1) is 13.3. The molecule has 1 atom stereocenters. The van der Waals surface area contributed by atoms with Crippen molar-refractivity contribution < 1.29 is 9.59 Å². The van der Waals surface area contributed by atoms with Gasteiger partial charge in [0.2, 0.25) is 5.91 Å². The minimum atomic E-state index is -0.413. The SMILES string of the molecule is CCC1C(=O)NCCN1C(=O)c1ccnc(NN)c1. The number of nitrogens with zero attached hydrogens (tertiary/aromatic N) is 2. The maximum Gasteiger partial charge on any atom is 0.254 e. The number of nitrogens with one attached hydrogen (secondary N) is 2. The van der Waals surface area contributed by atoms with Gasteiger partial charge in [-0.3, -0.25) is 9.59 Å². The zero-order valence-electron chi connectivity index (χ0n) is 10.7. The van der Waals surface area contributed by atoms with Gasteiger partial charge in [-0.25, -0.2) is 10.8 Å². The number of carbonyl (C=O) groups is 2. The predicted octanol–water partition coefficient (Wildman–Crippen LogP) is -0.282. The van der Waals surface area contributed by atoms with Crippen LogP contribution >= 0.6 is 0 Å². The summed E-state index contributed by atoms with van der Waals surface area (Å²) in [6, 6.07) is 2.77. The Kier molecular flexibility index (Phi) is 3.96. The van der Waals surface area contributed by atoms with Crippen molar-refractivity contribution in [1.82, 2.24) is 15.2 Å². The molecule has 7 heteroatoms. The maximum absolute atomic E-state index is 12.4. The van der Waals surface area contributed by atoms with Gasteiger partial charge in [0, 0.05) is 24.8 Å². The van der Waals surface area contributed by atoms with Crippen LogP contribution < -0.4 is 16.6 Å². The van der Waals surface area contributed by atoms with Gasteiger partial charge in [0.25, 0.3) is 5.91 Å². The number of rotatable bonds is 3. The fraction of sp³-hybridized carbons (Fsp3) is 0.417. The number of hydrazine groups is 1. The number of pyridine rings is 1. The molecule has 102 valence electrons. The highest BCUT2D eigenvalue weighted by Gasteiger charge is 2.32. The van der Waals surface area contributed by atoms with E-state index in [0.29, 0.717) is 30.9 Å². The highest BCUT2D eigenvalue weighted by Crippen LogP contribution is 2.15. The van der Waals surface area contributed by atoms with Crippen LogP contribution in [-0.4, -0.2) is 40.8 Å². The summed E-state index contributed by atoms with van der Waals surface area (Å²) in [5.41, 5.74) is 2.87. The molecule has 1 unspecified atom stereocenters. The van der Waals surface area contributed by atoms with Gasteiger partial charge in [0.05, 0.1) is 0 Å². The molecule has 19 heavy (non-hydrogen) atoms. The molecule has 1 saturated heterocycles. The highest BCUT2D eigenvalue weighted by molar-refractivity contribution is 5.98. The topological polar surface area (TPSA) is 100 Å². The first-order valence-electron chi connectivity index (χ1n) is 6.18. The smallest absolute Gasteiger partial charge is 0.254 e. The number of aromatic nitrogens is 1. The maximum atomic E-state index is 12.4. The zero-order valence-corrected chi connectivity index (χ0v) is 10.7. The van der Waals surface area contributed by atoms with Crippen LogP contribution in [0.4, 0.5) is 5.82 Å². The average Bonchev–Trinajstić information content (AvgIpc) is 2.46. The summed E-state index contributed by atoms with van der Waals surface area (Å²) in [5.74, 6) is 5.40. The Morgan fingerprint density at radius 1 is 1.68 bits per heavy atom. The zero-order chi connectivity index (χ0) is 13.8. The fourth-order valence-electron chi connectivity index (χ4n) is 2.17. The molecule has 2 heterocycles. The average molecular weight is 263 g/mol. The third kappa shape index (κ3) is 2.65. The van der Waals surface area contributed by atoms with Crippen molar-refractivity contribution in [3.63, 3.8) is 0 Å². The number of amides is 2. The summed E-state index contributed by atoms with van der Waals surface area (Å²) in [7, 11) is 0. The summed E-state index contributed by atoms with van der Waals surface area (Å²) < 4.78 is 0. The molecule has 1 aliphatic heterocycles. The standard InChI is InChI=1S/C12H17N5O2/c1-2-9-11(18)15-5-6-17(9)12(19)8-3-4-14-10(7-8)16-13/h3-4,7,9H,2,5-6,13H2,1H3,(H,14,16)(H,15,18).